The van der Waals surface area contributed by atoms with Crippen molar-refractivity contribution in [1.29, 1.82) is 0 Å². The zero-order valence-corrected chi connectivity index (χ0v) is 14.1. The summed E-state index contributed by atoms with van der Waals surface area (Å²) in [7, 11) is 1.71. The lowest BCUT2D eigenvalue weighted by Crippen LogP contribution is -2.28. The van der Waals surface area contributed by atoms with Gasteiger partial charge in [0.25, 0.3) is 0 Å². The van der Waals surface area contributed by atoms with Gasteiger partial charge in [-0.2, -0.15) is 4.89 Å². The monoisotopic (exact) mass is 361 g/mol. The molecule has 0 aromatic heterocycles. The Balaban J connectivity index is 2.36. The van der Waals surface area contributed by atoms with Crippen LogP contribution in [0.5, 0.6) is 0 Å². The van der Waals surface area contributed by atoms with Crippen molar-refractivity contribution in [3.63, 3.8) is 0 Å². The number of nitrogens with zero attached hydrogens (tertiary/aromatic N) is 2. The van der Waals surface area contributed by atoms with E-state index >= 15 is 0 Å². The zero-order valence-electron chi connectivity index (χ0n) is 14.1. The summed E-state index contributed by atoms with van der Waals surface area (Å²) >= 11 is 0. The molecule has 0 radical (unpaired) electrons. The van der Waals surface area contributed by atoms with Crippen LogP contribution in [-0.4, -0.2) is 54.6 Å². The van der Waals surface area contributed by atoms with Crippen LogP contribution in [0.1, 0.15) is 32.1 Å². The van der Waals surface area contributed by atoms with Crippen LogP contribution in [0.2, 0.25) is 0 Å². The highest BCUT2D eigenvalue weighted by molar-refractivity contribution is 5.98. The molecule has 0 aromatic rings. The van der Waals surface area contributed by atoms with Gasteiger partial charge in [0.2, 0.25) is 6.41 Å². The van der Waals surface area contributed by atoms with Gasteiger partial charge in [-0.3, -0.25) is 9.59 Å². The molecule has 0 aromatic carbocycles. The van der Waals surface area contributed by atoms with E-state index in [0.29, 0.717) is 19.4 Å². The Labute approximate surface area is 145 Å². The topological polar surface area (TPSA) is 110 Å². The number of oxime groups is 1. The van der Waals surface area contributed by atoms with Crippen molar-refractivity contribution >= 4 is 18.2 Å². The molecule has 10 heteroatoms. The Morgan fingerprint density at radius 3 is 2.80 bits per heavy atom. The Morgan fingerprint density at radius 1 is 1.48 bits per heavy atom. The summed E-state index contributed by atoms with van der Waals surface area (Å²) in [5, 5.41) is 16.9. The van der Waals surface area contributed by atoms with Gasteiger partial charge in [0.1, 0.15) is 12.7 Å². The lowest BCUT2D eigenvalue weighted by Gasteiger charge is -2.19. The van der Waals surface area contributed by atoms with E-state index in [-0.39, 0.29) is 24.3 Å². The fourth-order valence-electron chi connectivity index (χ4n) is 2.46. The van der Waals surface area contributed by atoms with Crippen molar-refractivity contribution in [1.82, 2.24) is 10.2 Å². The Morgan fingerprint density at radius 2 is 2.20 bits per heavy atom. The lowest BCUT2D eigenvalue weighted by molar-refractivity contribution is -0.451. The molecule has 0 spiro atoms. The first kappa shape index (κ1) is 20.8. The number of carbonyl (C=O) groups excluding carboxylic acids is 2. The van der Waals surface area contributed by atoms with E-state index < -0.39 is 6.10 Å². The van der Waals surface area contributed by atoms with Crippen molar-refractivity contribution < 1.29 is 34.0 Å². The molecule has 1 amide bonds. The quantitative estimate of drug-likeness (QED) is 0.109. The number of nitrogens with one attached hydrogen (secondary N) is 1. The van der Waals surface area contributed by atoms with Crippen LogP contribution in [-0.2, 0) is 24.3 Å². The highest BCUT2D eigenvalue weighted by Gasteiger charge is 2.25. The highest BCUT2D eigenvalue weighted by atomic mass is 19.3. The maximum absolute atomic E-state index is 12.0. The average Bonchev–Trinajstić information content (AvgIpc) is 3.15. The molecule has 1 unspecified atom stereocenters. The molecule has 142 valence electrons. The number of esters is 1. The summed E-state index contributed by atoms with van der Waals surface area (Å²) < 4.78 is 17.2. The largest absolute Gasteiger partial charge is 0.463 e. The van der Waals surface area contributed by atoms with E-state index in [1.165, 1.54) is 6.08 Å². The van der Waals surface area contributed by atoms with E-state index in [9.17, 15) is 14.1 Å². The van der Waals surface area contributed by atoms with E-state index in [4.69, 9.17) is 9.94 Å². The van der Waals surface area contributed by atoms with Gasteiger partial charge in [0.05, 0.1) is 5.92 Å². The Kier molecular flexibility index (Phi) is 10.2. The van der Waals surface area contributed by atoms with Crippen molar-refractivity contribution in [2.75, 3.05) is 20.2 Å². The molecule has 0 aliphatic heterocycles. The zero-order chi connectivity index (χ0) is 18.5. The van der Waals surface area contributed by atoms with E-state index in [2.05, 4.69) is 20.5 Å². The van der Waals surface area contributed by atoms with Gasteiger partial charge >= 0.3 is 5.97 Å². The van der Waals surface area contributed by atoms with Crippen LogP contribution in [0.3, 0.4) is 0 Å². The molecule has 25 heavy (non-hydrogen) atoms. The van der Waals surface area contributed by atoms with Gasteiger partial charge in [-0.1, -0.05) is 18.0 Å². The molecule has 1 atom stereocenters. The van der Waals surface area contributed by atoms with E-state index in [1.807, 2.05) is 0 Å². The second kappa shape index (κ2) is 12.2. The molecule has 1 saturated carbocycles. The van der Waals surface area contributed by atoms with Crippen LogP contribution in [0, 0.1) is 5.92 Å². The Bertz CT molecular complexity index is 468. The average molecular weight is 361 g/mol. The standard InChI is InChI=1S/C15H24FN3O6/c1-19(9-7-14(18-22)17-11-20)8-6-13(24-25-16)10-23-15(21)12-4-2-3-5-12/h7,9,11-13,22H,2-6,8,10H2,1H3,(H,17,18,20)/b9-7-. The van der Waals surface area contributed by atoms with E-state index in [1.54, 1.807) is 18.1 Å². The SMILES string of the molecule is CN(/C=C\C(=N\O)NC=O)CCC(COC(=O)C1CCCC1)OOF. The maximum atomic E-state index is 12.0. The van der Waals surface area contributed by atoms with Crippen LogP contribution in [0.4, 0.5) is 4.53 Å². The maximum Gasteiger partial charge on any atom is 0.309 e. The van der Waals surface area contributed by atoms with Crippen LogP contribution in [0.15, 0.2) is 17.4 Å². The van der Waals surface area contributed by atoms with Crippen molar-refractivity contribution in [2.24, 2.45) is 11.1 Å². The molecule has 0 heterocycles. The molecule has 1 fully saturated rings. The summed E-state index contributed by atoms with van der Waals surface area (Å²) in [6.07, 6.45) is 6.52. The second-order valence-electron chi connectivity index (χ2n) is 5.73. The minimum atomic E-state index is -0.759. The molecular formula is C15H24FN3O6. The summed E-state index contributed by atoms with van der Waals surface area (Å²) in [6.45, 7) is 0.304. The number of amidine groups is 1. The molecule has 1 aliphatic carbocycles. The summed E-state index contributed by atoms with van der Waals surface area (Å²) in [4.78, 5) is 28.3. The lowest BCUT2D eigenvalue weighted by atomic mass is 10.1. The van der Waals surface area contributed by atoms with Gasteiger partial charge < -0.3 is 20.2 Å². The van der Waals surface area contributed by atoms with Gasteiger partial charge in [0, 0.05) is 25.9 Å². The first-order chi connectivity index (χ1) is 12.1. The van der Waals surface area contributed by atoms with Crippen molar-refractivity contribution in [2.45, 2.75) is 38.2 Å². The highest BCUT2D eigenvalue weighted by Crippen LogP contribution is 2.25. The van der Waals surface area contributed by atoms with Crippen molar-refractivity contribution in [3.05, 3.63) is 12.3 Å². The number of halogens is 1. The second-order valence-corrected chi connectivity index (χ2v) is 5.73. The fraction of sp³-hybridized carbons (Fsp3) is 0.667. The molecule has 0 bridgehead atoms. The number of hydrogen-bond donors (Lipinski definition) is 2. The third-order valence-corrected chi connectivity index (χ3v) is 3.88. The first-order valence-corrected chi connectivity index (χ1v) is 8.02. The van der Waals surface area contributed by atoms with Crippen LogP contribution < -0.4 is 5.32 Å². The molecule has 1 rings (SSSR count). The summed E-state index contributed by atoms with van der Waals surface area (Å²) in [5.41, 5.74) is 0. The molecule has 1 aliphatic rings. The Hall–Kier alpha value is -2.20. The normalized spacial score (nSPS) is 16.8. The molecule has 2 N–H and O–H groups in total. The van der Waals surface area contributed by atoms with E-state index in [0.717, 1.165) is 25.7 Å². The predicted molar refractivity (Wildman–Crippen MR) is 84.8 cm³/mol. The molecule has 0 saturated heterocycles. The fourth-order valence-corrected chi connectivity index (χ4v) is 2.46. The smallest absolute Gasteiger partial charge is 0.309 e. The number of ether oxygens (including phenoxy) is 1. The molecule has 9 nitrogen and oxygen atoms in total. The van der Waals surface area contributed by atoms with Gasteiger partial charge in [-0.05, 0) is 28.9 Å². The number of amides is 1. The van der Waals surface area contributed by atoms with Gasteiger partial charge in [0.15, 0.2) is 5.84 Å². The molecular weight excluding hydrogens is 337 g/mol. The summed E-state index contributed by atoms with van der Waals surface area (Å²) in [6, 6.07) is 0. The minimum absolute atomic E-state index is 0.0350. The third kappa shape index (κ3) is 8.45. The van der Waals surface area contributed by atoms with Crippen molar-refractivity contribution in [3.8, 4) is 0 Å². The summed E-state index contributed by atoms with van der Waals surface area (Å²) in [5.74, 6) is -0.409. The third-order valence-electron chi connectivity index (χ3n) is 3.88. The van der Waals surface area contributed by atoms with Gasteiger partial charge in [-0.25, -0.2) is 0 Å². The van der Waals surface area contributed by atoms with Crippen LogP contribution >= 0.6 is 0 Å². The number of hydrogen-bond acceptors (Lipinski definition) is 8. The minimum Gasteiger partial charge on any atom is -0.463 e. The van der Waals surface area contributed by atoms with Crippen LogP contribution in [0.25, 0.3) is 0 Å². The van der Waals surface area contributed by atoms with Gasteiger partial charge in [-0.15, -0.1) is 0 Å². The first-order valence-electron chi connectivity index (χ1n) is 8.02. The predicted octanol–water partition coefficient (Wildman–Crippen LogP) is 1.29. The number of carbonyl (C=O) groups is 2. The number of rotatable bonds is 11.